The smallest absolute Gasteiger partial charge is 0.262 e. The Hall–Kier alpha value is -2.34. The minimum Gasteiger partial charge on any atom is -0.277 e. The van der Waals surface area contributed by atoms with Crippen molar-refractivity contribution in [1.29, 1.82) is 0 Å². The van der Waals surface area contributed by atoms with Crippen LogP contribution in [-0.2, 0) is 10.0 Å². The lowest BCUT2D eigenvalue weighted by atomic mass is 9.87. The first-order valence-electron chi connectivity index (χ1n) is 6.58. The normalized spacial score (nSPS) is 15.0. The average Bonchev–Trinajstić information content (AvgIpc) is 2.49. The minimum atomic E-state index is -3.55. The predicted octanol–water partition coefficient (Wildman–Crippen LogP) is 1.27. The molecule has 3 aromatic rings. The highest BCUT2D eigenvalue weighted by molar-refractivity contribution is 7.93. The quantitative estimate of drug-likeness (QED) is 0.635. The van der Waals surface area contributed by atoms with Crippen molar-refractivity contribution in [3.05, 3.63) is 48.7 Å². The van der Waals surface area contributed by atoms with Gasteiger partial charge in [-0.05, 0) is 17.5 Å². The first kappa shape index (κ1) is 12.4. The fourth-order valence-corrected chi connectivity index (χ4v) is 4.16. The van der Waals surface area contributed by atoms with Crippen molar-refractivity contribution in [2.24, 2.45) is 0 Å². The summed E-state index contributed by atoms with van der Waals surface area (Å²) < 4.78 is 27.5. The second kappa shape index (κ2) is 4.08. The SMILES string of the molecule is Bc1cc2c(c3ncccc13)NS(=O)(=O)c1ccccc1-2. The standard InChI is InChI=1S/C15H11BN2O2S/c16-12-8-11-9-4-1-2-6-13(9)21(19,20)18-15(11)14-10(12)5-3-7-17-14/h1-8,18H,16H2. The van der Waals surface area contributed by atoms with Gasteiger partial charge in [-0.25, -0.2) is 8.42 Å². The zero-order chi connectivity index (χ0) is 14.6. The lowest BCUT2D eigenvalue weighted by molar-refractivity contribution is 0.601. The molecule has 0 saturated carbocycles. The summed E-state index contributed by atoms with van der Waals surface area (Å²) in [5.41, 5.74) is 3.93. The summed E-state index contributed by atoms with van der Waals surface area (Å²) in [4.78, 5) is 4.68. The Kier molecular flexibility index (Phi) is 2.41. The van der Waals surface area contributed by atoms with Crippen molar-refractivity contribution in [1.82, 2.24) is 4.98 Å². The molecule has 0 bridgehead atoms. The van der Waals surface area contributed by atoms with Crippen LogP contribution in [0.2, 0.25) is 0 Å². The monoisotopic (exact) mass is 294 g/mol. The highest BCUT2D eigenvalue weighted by Crippen LogP contribution is 2.41. The number of sulfonamides is 1. The molecular weight excluding hydrogens is 283 g/mol. The highest BCUT2D eigenvalue weighted by Gasteiger charge is 2.28. The van der Waals surface area contributed by atoms with Crippen molar-refractivity contribution >= 4 is 39.9 Å². The van der Waals surface area contributed by atoms with Gasteiger partial charge in [0.1, 0.15) is 7.85 Å². The van der Waals surface area contributed by atoms with Crippen LogP contribution in [0.5, 0.6) is 0 Å². The van der Waals surface area contributed by atoms with Crippen molar-refractivity contribution in [2.45, 2.75) is 4.90 Å². The van der Waals surface area contributed by atoms with Gasteiger partial charge in [0.2, 0.25) is 0 Å². The van der Waals surface area contributed by atoms with Crippen molar-refractivity contribution < 1.29 is 8.42 Å². The molecule has 0 radical (unpaired) electrons. The molecule has 0 spiro atoms. The van der Waals surface area contributed by atoms with Crippen LogP contribution in [-0.4, -0.2) is 21.2 Å². The van der Waals surface area contributed by atoms with E-state index in [1.807, 2.05) is 38.2 Å². The van der Waals surface area contributed by atoms with Gasteiger partial charge in [0, 0.05) is 17.3 Å². The first-order valence-corrected chi connectivity index (χ1v) is 8.07. The van der Waals surface area contributed by atoms with E-state index in [2.05, 4.69) is 9.71 Å². The molecule has 0 saturated heterocycles. The van der Waals surface area contributed by atoms with E-state index in [0.717, 1.165) is 22.0 Å². The predicted molar refractivity (Wildman–Crippen MR) is 86.2 cm³/mol. The molecule has 21 heavy (non-hydrogen) atoms. The van der Waals surface area contributed by atoms with E-state index in [-0.39, 0.29) is 0 Å². The van der Waals surface area contributed by atoms with E-state index in [4.69, 9.17) is 0 Å². The second-order valence-corrected chi connectivity index (χ2v) is 6.77. The summed E-state index contributed by atoms with van der Waals surface area (Å²) in [5, 5.41) is 0.957. The largest absolute Gasteiger partial charge is 0.277 e. The number of nitrogens with one attached hydrogen (secondary N) is 1. The van der Waals surface area contributed by atoms with E-state index in [9.17, 15) is 8.42 Å². The Morgan fingerprint density at radius 1 is 1.05 bits per heavy atom. The molecule has 0 unspecified atom stereocenters. The van der Waals surface area contributed by atoms with Crippen LogP contribution in [0.25, 0.3) is 22.0 Å². The number of rotatable bonds is 0. The first-order chi connectivity index (χ1) is 10.1. The van der Waals surface area contributed by atoms with Gasteiger partial charge < -0.3 is 0 Å². The molecule has 1 aromatic heterocycles. The van der Waals surface area contributed by atoms with Crippen LogP contribution in [0.1, 0.15) is 0 Å². The molecule has 2 aromatic carbocycles. The average molecular weight is 294 g/mol. The maximum Gasteiger partial charge on any atom is 0.262 e. The van der Waals surface area contributed by atoms with Gasteiger partial charge >= 0.3 is 0 Å². The number of anilines is 1. The van der Waals surface area contributed by atoms with Crippen LogP contribution in [0.15, 0.2) is 53.6 Å². The lowest BCUT2D eigenvalue weighted by Crippen LogP contribution is -2.21. The van der Waals surface area contributed by atoms with E-state index < -0.39 is 10.0 Å². The minimum absolute atomic E-state index is 0.312. The molecule has 1 N–H and O–H groups in total. The molecule has 6 heteroatoms. The van der Waals surface area contributed by atoms with E-state index in [0.29, 0.717) is 16.1 Å². The number of nitrogens with zero attached hydrogens (tertiary/aromatic N) is 1. The lowest BCUT2D eigenvalue weighted by Gasteiger charge is -2.23. The van der Waals surface area contributed by atoms with Gasteiger partial charge in [-0.2, -0.15) is 0 Å². The molecule has 0 atom stereocenters. The fraction of sp³-hybridized carbons (Fsp3) is 0. The summed E-state index contributed by atoms with van der Waals surface area (Å²) in [6.45, 7) is 0. The van der Waals surface area contributed by atoms with Crippen molar-refractivity contribution in [3.8, 4) is 11.1 Å². The van der Waals surface area contributed by atoms with Crippen LogP contribution in [0.4, 0.5) is 5.69 Å². The highest BCUT2D eigenvalue weighted by atomic mass is 32.2. The Labute approximate surface area is 123 Å². The maximum absolute atomic E-state index is 12.4. The number of hydrogen-bond acceptors (Lipinski definition) is 3. The Morgan fingerprint density at radius 2 is 1.86 bits per heavy atom. The van der Waals surface area contributed by atoms with Gasteiger partial charge in [0.25, 0.3) is 10.0 Å². The van der Waals surface area contributed by atoms with E-state index in [1.165, 1.54) is 0 Å². The van der Waals surface area contributed by atoms with E-state index >= 15 is 0 Å². The third-order valence-corrected chi connectivity index (χ3v) is 5.21. The number of fused-ring (bicyclic) bond motifs is 5. The Bertz CT molecular complexity index is 1000. The second-order valence-electron chi connectivity index (χ2n) is 5.12. The molecule has 1 aliphatic rings. The third-order valence-electron chi connectivity index (χ3n) is 3.80. The molecule has 1 aliphatic heterocycles. The molecule has 4 rings (SSSR count). The molecule has 0 fully saturated rings. The van der Waals surface area contributed by atoms with Gasteiger partial charge in [-0.3, -0.25) is 9.71 Å². The maximum atomic E-state index is 12.4. The van der Waals surface area contributed by atoms with E-state index in [1.54, 1.807) is 18.3 Å². The summed E-state index contributed by atoms with van der Waals surface area (Å²) in [7, 11) is -1.54. The van der Waals surface area contributed by atoms with Crippen molar-refractivity contribution in [2.75, 3.05) is 4.72 Å². The fourth-order valence-electron chi connectivity index (χ4n) is 2.85. The topological polar surface area (TPSA) is 59.1 Å². The zero-order valence-electron chi connectivity index (χ0n) is 11.3. The van der Waals surface area contributed by atoms with Crippen LogP contribution >= 0.6 is 0 Å². The van der Waals surface area contributed by atoms with Gasteiger partial charge in [-0.1, -0.05) is 35.8 Å². The number of hydrogen-bond donors (Lipinski definition) is 1. The summed E-state index contributed by atoms with van der Waals surface area (Å²) in [5.74, 6) is 0. The molecule has 2 heterocycles. The Morgan fingerprint density at radius 3 is 2.71 bits per heavy atom. The molecule has 0 amide bonds. The molecule has 0 aliphatic carbocycles. The zero-order valence-corrected chi connectivity index (χ0v) is 12.1. The van der Waals surface area contributed by atoms with Gasteiger partial charge in [0.15, 0.2) is 0 Å². The Balaban J connectivity index is 2.21. The summed E-state index contributed by atoms with van der Waals surface area (Å²) >= 11 is 0. The number of pyridine rings is 1. The third kappa shape index (κ3) is 1.69. The number of benzene rings is 2. The molecular formula is C15H11BN2O2S. The van der Waals surface area contributed by atoms with Crippen LogP contribution in [0, 0.1) is 0 Å². The van der Waals surface area contributed by atoms with Crippen LogP contribution < -0.4 is 10.2 Å². The van der Waals surface area contributed by atoms with Crippen LogP contribution in [0.3, 0.4) is 0 Å². The molecule has 4 nitrogen and oxygen atoms in total. The summed E-state index contributed by atoms with van der Waals surface area (Å²) in [6.07, 6.45) is 1.68. The van der Waals surface area contributed by atoms with Gasteiger partial charge in [0.05, 0.1) is 16.1 Å². The van der Waals surface area contributed by atoms with Gasteiger partial charge in [-0.15, -0.1) is 0 Å². The number of aromatic nitrogens is 1. The summed E-state index contributed by atoms with van der Waals surface area (Å²) in [6, 6.07) is 12.9. The van der Waals surface area contributed by atoms with Crippen molar-refractivity contribution in [3.63, 3.8) is 0 Å². The molecule has 102 valence electrons.